The van der Waals surface area contributed by atoms with Gasteiger partial charge in [-0.2, -0.15) is 9.40 Å². The molecule has 1 aromatic heterocycles. The van der Waals surface area contributed by atoms with Crippen LogP contribution < -0.4 is 14.8 Å². The van der Waals surface area contributed by atoms with Gasteiger partial charge in [0, 0.05) is 24.8 Å². The molecule has 2 aliphatic rings. The molecule has 1 amide bonds. The van der Waals surface area contributed by atoms with Crippen molar-refractivity contribution in [3.8, 4) is 11.5 Å². The molecule has 2 aromatic rings. The van der Waals surface area contributed by atoms with Crippen LogP contribution in [0.25, 0.3) is 0 Å². The van der Waals surface area contributed by atoms with Crippen LogP contribution in [-0.2, 0) is 26.1 Å². The molecule has 1 saturated heterocycles. The number of amides is 1. The predicted octanol–water partition coefficient (Wildman–Crippen LogP) is 0.888. The molecule has 0 spiro atoms. The maximum atomic E-state index is 13.0. The number of hydrogen-bond donors (Lipinski definition) is 1. The zero-order chi connectivity index (χ0) is 20.6. The summed E-state index contributed by atoms with van der Waals surface area (Å²) in [5.41, 5.74) is 1.35. The van der Waals surface area contributed by atoms with Crippen molar-refractivity contribution in [2.24, 2.45) is 0 Å². The lowest BCUT2D eigenvalue weighted by Crippen LogP contribution is -2.41. The van der Waals surface area contributed by atoms with E-state index in [0.29, 0.717) is 54.9 Å². The summed E-state index contributed by atoms with van der Waals surface area (Å²) in [7, 11) is -3.70. The van der Waals surface area contributed by atoms with Gasteiger partial charge in [0.1, 0.15) is 11.4 Å². The Hall–Kier alpha value is -2.63. The van der Waals surface area contributed by atoms with Gasteiger partial charge in [0.2, 0.25) is 22.7 Å². The van der Waals surface area contributed by atoms with Gasteiger partial charge in [-0.1, -0.05) is 0 Å². The number of morpholine rings is 1. The molecule has 0 unspecified atom stereocenters. The highest BCUT2D eigenvalue weighted by Gasteiger charge is 2.32. The topological polar surface area (TPSA) is 112 Å². The van der Waals surface area contributed by atoms with Crippen LogP contribution >= 0.6 is 0 Å². The molecule has 156 valence electrons. The summed E-state index contributed by atoms with van der Waals surface area (Å²) in [6.45, 7) is 4.66. The van der Waals surface area contributed by atoms with Crippen molar-refractivity contribution < 1.29 is 27.4 Å². The fraction of sp³-hybridized carbons (Fsp3) is 0.444. The van der Waals surface area contributed by atoms with Crippen LogP contribution in [0.15, 0.2) is 23.1 Å². The van der Waals surface area contributed by atoms with Crippen LogP contribution in [0.3, 0.4) is 0 Å². The van der Waals surface area contributed by atoms with Crippen LogP contribution in [0.1, 0.15) is 11.4 Å². The molecular weight excluding hydrogens is 400 g/mol. The standard InChI is InChI=1S/C18H22N4O6S/c1-12-18(29(24,25)21-5-7-26-8-6-21)13(2)22(20-12)10-17(23)19-14-3-4-15-16(9-14)28-11-27-15/h3-4,9H,5-8,10-11H2,1-2H3,(H,19,23). The maximum Gasteiger partial charge on any atom is 0.246 e. The van der Waals surface area contributed by atoms with E-state index in [1.165, 1.54) is 8.99 Å². The number of aromatic nitrogens is 2. The van der Waals surface area contributed by atoms with Gasteiger partial charge in [0.05, 0.1) is 24.6 Å². The summed E-state index contributed by atoms with van der Waals surface area (Å²) < 4.78 is 44.6. The average Bonchev–Trinajstić information content (AvgIpc) is 3.26. The van der Waals surface area contributed by atoms with Gasteiger partial charge in [-0.05, 0) is 26.0 Å². The Balaban J connectivity index is 1.51. The maximum absolute atomic E-state index is 13.0. The van der Waals surface area contributed by atoms with Crippen molar-refractivity contribution in [2.75, 3.05) is 38.4 Å². The molecule has 4 rings (SSSR count). The van der Waals surface area contributed by atoms with Crippen molar-refractivity contribution in [1.29, 1.82) is 0 Å². The molecule has 0 saturated carbocycles. The number of ether oxygens (including phenoxy) is 3. The van der Waals surface area contributed by atoms with Gasteiger partial charge in [-0.25, -0.2) is 8.42 Å². The van der Waals surface area contributed by atoms with Gasteiger partial charge in [0.25, 0.3) is 0 Å². The average molecular weight is 422 g/mol. The number of rotatable bonds is 5. The molecule has 3 heterocycles. The zero-order valence-corrected chi connectivity index (χ0v) is 17.0. The van der Waals surface area contributed by atoms with Crippen molar-refractivity contribution >= 4 is 21.6 Å². The Morgan fingerprint density at radius 1 is 1.17 bits per heavy atom. The number of anilines is 1. The Labute approximate surface area is 168 Å². The van der Waals surface area contributed by atoms with Crippen LogP contribution in [-0.4, -0.2) is 61.5 Å². The molecule has 0 bridgehead atoms. The second-order valence-electron chi connectivity index (χ2n) is 6.79. The molecule has 1 aromatic carbocycles. The summed E-state index contributed by atoms with van der Waals surface area (Å²) >= 11 is 0. The van der Waals surface area contributed by atoms with E-state index in [1.807, 2.05) is 0 Å². The molecule has 1 fully saturated rings. The summed E-state index contributed by atoms with van der Waals surface area (Å²) in [5, 5.41) is 7.05. The van der Waals surface area contributed by atoms with Crippen molar-refractivity contribution in [2.45, 2.75) is 25.3 Å². The third-order valence-corrected chi connectivity index (χ3v) is 6.98. The minimum Gasteiger partial charge on any atom is -0.454 e. The number of nitrogens with one attached hydrogen (secondary N) is 1. The molecule has 2 aliphatic heterocycles. The van der Waals surface area contributed by atoms with E-state index in [2.05, 4.69) is 10.4 Å². The highest BCUT2D eigenvalue weighted by Crippen LogP contribution is 2.34. The zero-order valence-electron chi connectivity index (χ0n) is 16.2. The van der Waals surface area contributed by atoms with E-state index < -0.39 is 10.0 Å². The molecule has 29 heavy (non-hydrogen) atoms. The number of carbonyl (C=O) groups excluding carboxylic acids is 1. The third-order valence-electron chi connectivity index (χ3n) is 4.83. The van der Waals surface area contributed by atoms with Gasteiger partial charge < -0.3 is 19.5 Å². The van der Waals surface area contributed by atoms with Crippen molar-refractivity contribution in [1.82, 2.24) is 14.1 Å². The third kappa shape index (κ3) is 3.80. The van der Waals surface area contributed by atoms with E-state index in [0.717, 1.165) is 0 Å². The number of carbonyl (C=O) groups is 1. The minimum absolute atomic E-state index is 0.111. The Bertz CT molecular complexity index is 1040. The van der Waals surface area contributed by atoms with E-state index in [9.17, 15) is 13.2 Å². The van der Waals surface area contributed by atoms with Crippen molar-refractivity contribution in [3.05, 3.63) is 29.6 Å². The molecule has 1 N–H and O–H groups in total. The summed E-state index contributed by atoms with van der Waals surface area (Å²) in [6.07, 6.45) is 0. The van der Waals surface area contributed by atoms with E-state index >= 15 is 0 Å². The number of hydrogen-bond acceptors (Lipinski definition) is 7. The SMILES string of the molecule is Cc1nn(CC(=O)Nc2ccc3c(c2)OCO3)c(C)c1S(=O)(=O)N1CCOCC1. The largest absolute Gasteiger partial charge is 0.454 e. The van der Waals surface area contributed by atoms with E-state index in [-0.39, 0.29) is 24.1 Å². The van der Waals surface area contributed by atoms with E-state index in [1.54, 1.807) is 32.0 Å². The van der Waals surface area contributed by atoms with Crippen molar-refractivity contribution in [3.63, 3.8) is 0 Å². The van der Waals surface area contributed by atoms with Gasteiger partial charge >= 0.3 is 0 Å². The highest BCUT2D eigenvalue weighted by atomic mass is 32.2. The second kappa shape index (κ2) is 7.65. The van der Waals surface area contributed by atoms with Crippen LogP contribution in [0.5, 0.6) is 11.5 Å². The van der Waals surface area contributed by atoms with Gasteiger partial charge in [0.15, 0.2) is 11.5 Å². The lowest BCUT2D eigenvalue weighted by molar-refractivity contribution is -0.116. The minimum atomic E-state index is -3.70. The molecule has 11 heteroatoms. The first-order valence-corrected chi connectivity index (χ1v) is 10.6. The first-order valence-electron chi connectivity index (χ1n) is 9.17. The number of nitrogens with zero attached hydrogens (tertiary/aromatic N) is 3. The fourth-order valence-electron chi connectivity index (χ4n) is 3.43. The molecule has 10 nitrogen and oxygen atoms in total. The van der Waals surface area contributed by atoms with Crippen LogP contribution in [0, 0.1) is 13.8 Å². The number of benzene rings is 1. The Kier molecular flexibility index (Phi) is 5.19. The highest BCUT2D eigenvalue weighted by molar-refractivity contribution is 7.89. The smallest absolute Gasteiger partial charge is 0.246 e. The fourth-order valence-corrected chi connectivity index (χ4v) is 5.22. The Morgan fingerprint density at radius 3 is 2.66 bits per heavy atom. The summed E-state index contributed by atoms with van der Waals surface area (Å²) in [5.74, 6) is 0.858. The molecular formula is C18H22N4O6S. The molecule has 0 radical (unpaired) electrons. The lowest BCUT2D eigenvalue weighted by Gasteiger charge is -2.26. The predicted molar refractivity (Wildman–Crippen MR) is 102 cm³/mol. The quantitative estimate of drug-likeness (QED) is 0.761. The summed E-state index contributed by atoms with van der Waals surface area (Å²) in [4.78, 5) is 12.6. The monoisotopic (exact) mass is 422 g/mol. The Morgan fingerprint density at radius 2 is 1.90 bits per heavy atom. The van der Waals surface area contributed by atoms with Gasteiger partial charge in [-0.15, -0.1) is 0 Å². The first-order chi connectivity index (χ1) is 13.9. The van der Waals surface area contributed by atoms with Crippen LogP contribution in [0.2, 0.25) is 0 Å². The second-order valence-corrected chi connectivity index (χ2v) is 8.67. The number of aryl methyl sites for hydroxylation is 1. The number of fused-ring (bicyclic) bond motifs is 1. The normalized spacial score (nSPS) is 16.8. The summed E-state index contributed by atoms with van der Waals surface area (Å²) in [6, 6.07) is 5.10. The lowest BCUT2D eigenvalue weighted by atomic mass is 10.3. The first kappa shape index (κ1) is 19.7. The number of sulfonamides is 1. The van der Waals surface area contributed by atoms with Crippen LogP contribution in [0.4, 0.5) is 5.69 Å². The van der Waals surface area contributed by atoms with Gasteiger partial charge in [-0.3, -0.25) is 9.48 Å². The van der Waals surface area contributed by atoms with E-state index in [4.69, 9.17) is 14.2 Å². The molecule has 0 aliphatic carbocycles. The molecule has 0 atom stereocenters.